The molecule has 1 aromatic rings. The van der Waals surface area contributed by atoms with Crippen molar-refractivity contribution < 1.29 is 9.53 Å². The van der Waals surface area contributed by atoms with Crippen molar-refractivity contribution in [2.75, 3.05) is 6.61 Å². The molecule has 0 spiro atoms. The van der Waals surface area contributed by atoms with Gasteiger partial charge in [0, 0.05) is 24.4 Å². The summed E-state index contributed by atoms with van der Waals surface area (Å²) in [5.74, 6) is 1.49. The van der Waals surface area contributed by atoms with Gasteiger partial charge in [-0.2, -0.15) is 0 Å². The molecular weight excluding hydrogens is 250 g/mol. The minimum absolute atomic E-state index is 0.255. The Morgan fingerprint density at radius 2 is 1.85 bits per heavy atom. The van der Waals surface area contributed by atoms with E-state index in [4.69, 9.17) is 4.74 Å². The van der Waals surface area contributed by atoms with E-state index in [2.05, 4.69) is 5.32 Å². The van der Waals surface area contributed by atoms with Gasteiger partial charge in [0.1, 0.15) is 11.5 Å². The zero-order valence-corrected chi connectivity index (χ0v) is 11.9. The number of hydrogen-bond donors (Lipinski definition) is 1. The summed E-state index contributed by atoms with van der Waals surface area (Å²) in [5, 5.41) is 3.64. The third-order valence-corrected chi connectivity index (χ3v) is 4.53. The van der Waals surface area contributed by atoms with E-state index < -0.39 is 0 Å². The standard InChI is InChI=1S/C17H23NO2/c19-17(9-10-20-16-7-2-1-3-8-16)13-11-14-5-4-6-15(12-13)18-14/h1-3,7-8,13-15,18H,4-6,9-12H2. The molecule has 2 fully saturated rings. The molecule has 2 atom stereocenters. The molecule has 2 aliphatic heterocycles. The van der Waals surface area contributed by atoms with E-state index in [1.807, 2.05) is 30.3 Å². The van der Waals surface area contributed by atoms with Crippen molar-refractivity contribution in [1.29, 1.82) is 0 Å². The molecule has 3 heteroatoms. The highest BCUT2D eigenvalue weighted by Gasteiger charge is 2.34. The van der Waals surface area contributed by atoms with E-state index in [1.54, 1.807) is 0 Å². The lowest BCUT2D eigenvalue weighted by molar-refractivity contribution is -0.125. The molecule has 108 valence electrons. The summed E-state index contributed by atoms with van der Waals surface area (Å²) in [6.45, 7) is 0.502. The second-order valence-corrected chi connectivity index (χ2v) is 6.04. The average Bonchev–Trinajstić information content (AvgIpc) is 2.48. The molecule has 3 nitrogen and oxygen atoms in total. The van der Waals surface area contributed by atoms with Crippen LogP contribution in [0.25, 0.3) is 0 Å². The Balaban J connectivity index is 1.45. The number of rotatable bonds is 5. The second kappa shape index (κ2) is 6.40. The number of nitrogens with one attached hydrogen (secondary N) is 1. The number of piperidine rings is 2. The summed E-state index contributed by atoms with van der Waals surface area (Å²) in [7, 11) is 0. The topological polar surface area (TPSA) is 38.3 Å². The van der Waals surface area contributed by atoms with Crippen LogP contribution in [0.4, 0.5) is 0 Å². The lowest BCUT2D eigenvalue weighted by atomic mass is 9.78. The van der Waals surface area contributed by atoms with Gasteiger partial charge >= 0.3 is 0 Å². The first-order valence-electron chi connectivity index (χ1n) is 7.78. The Morgan fingerprint density at radius 3 is 2.55 bits per heavy atom. The maximum absolute atomic E-state index is 12.3. The number of ketones is 1. The van der Waals surface area contributed by atoms with Crippen LogP contribution in [0.3, 0.4) is 0 Å². The zero-order chi connectivity index (χ0) is 13.8. The van der Waals surface area contributed by atoms with E-state index in [1.165, 1.54) is 19.3 Å². The molecule has 0 radical (unpaired) electrons. The van der Waals surface area contributed by atoms with Gasteiger partial charge in [-0.25, -0.2) is 0 Å². The molecule has 1 N–H and O–H groups in total. The van der Waals surface area contributed by atoms with Crippen LogP contribution in [-0.2, 0) is 4.79 Å². The maximum atomic E-state index is 12.3. The highest BCUT2D eigenvalue weighted by molar-refractivity contribution is 5.81. The van der Waals surface area contributed by atoms with Crippen molar-refractivity contribution in [3.8, 4) is 5.75 Å². The number of fused-ring (bicyclic) bond motifs is 2. The fraction of sp³-hybridized carbons (Fsp3) is 0.588. The predicted molar refractivity (Wildman–Crippen MR) is 78.8 cm³/mol. The normalized spacial score (nSPS) is 28.9. The van der Waals surface area contributed by atoms with Crippen molar-refractivity contribution >= 4 is 5.78 Å². The fourth-order valence-electron chi connectivity index (χ4n) is 3.52. The smallest absolute Gasteiger partial charge is 0.139 e. The predicted octanol–water partition coefficient (Wildman–Crippen LogP) is 2.95. The number of ether oxygens (including phenoxy) is 1. The van der Waals surface area contributed by atoms with Crippen LogP contribution in [-0.4, -0.2) is 24.5 Å². The van der Waals surface area contributed by atoms with Crippen LogP contribution >= 0.6 is 0 Å². The van der Waals surface area contributed by atoms with Crippen LogP contribution in [0.5, 0.6) is 5.75 Å². The largest absolute Gasteiger partial charge is 0.493 e. The molecule has 2 bridgehead atoms. The van der Waals surface area contributed by atoms with E-state index in [-0.39, 0.29) is 5.92 Å². The third kappa shape index (κ3) is 3.40. The third-order valence-electron chi connectivity index (χ3n) is 4.53. The fourth-order valence-corrected chi connectivity index (χ4v) is 3.52. The van der Waals surface area contributed by atoms with E-state index >= 15 is 0 Å². The first kappa shape index (κ1) is 13.6. The molecule has 0 saturated carbocycles. The summed E-state index contributed by atoms with van der Waals surface area (Å²) < 4.78 is 5.63. The van der Waals surface area contributed by atoms with Gasteiger partial charge in [0.25, 0.3) is 0 Å². The lowest BCUT2D eigenvalue weighted by Crippen LogP contribution is -2.50. The van der Waals surface area contributed by atoms with Crippen LogP contribution in [0.15, 0.2) is 30.3 Å². The molecule has 0 aromatic heterocycles. The minimum atomic E-state index is 0.255. The summed E-state index contributed by atoms with van der Waals surface area (Å²) in [6, 6.07) is 10.9. The van der Waals surface area contributed by atoms with Crippen molar-refractivity contribution in [3.63, 3.8) is 0 Å². The van der Waals surface area contributed by atoms with Crippen LogP contribution < -0.4 is 10.1 Å². The molecule has 0 aliphatic carbocycles. The van der Waals surface area contributed by atoms with Gasteiger partial charge in [0.05, 0.1) is 6.61 Å². The maximum Gasteiger partial charge on any atom is 0.139 e. The number of Topliss-reactive ketones (excluding diaryl/α,β-unsaturated/α-hetero) is 1. The number of para-hydroxylation sites is 1. The highest BCUT2D eigenvalue weighted by atomic mass is 16.5. The molecular formula is C17H23NO2. The summed E-state index contributed by atoms with van der Waals surface area (Å²) in [4.78, 5) is 12.3. The van der Waals surface area contributed by atoms with Gasteiger partial charge in [-0.1, -0.05) is 24.6 Å². The van der Waals surface area contributed by atoms with E-state index in [9.17, 15) is 4.79 Å². The average molecular weight is 273 g/mol. The van der Waals surface area contributed by atoms with Crippen molar-refractivity contribution in [3.05, 3.63) is 30.3 Å². The van der Waals surface area contributed by atoms with Crippen LogP contribution in [0.2, 0.25) is 0 Å². The summed E-state index contributed by atoms with van der Waals surface area (Å²) in [5.41, 5.74) is 0. The monoisotopic (exact) mass is 273 g/mol. The van der Waals surface area contributed by atoms with Gasteiger partial charge in [0.2, 0.25) is 0 Å². The van der Waals surface area contributed by atoms with Gasteiger partial charge in [-0.15, -0.1) is 0 Å². The molecule has 3 rings (SSSR count). The molecule has 2 unspecified atom stereocenters. The summed E-state index contributed by atoms with van der Waals surface area (Å²) in [6.07, 6.45) is 6.39. The summed E-state index contributed by atoms with van der Waals surface area (Å²) >= 11 is 0. The Bertz CT molecular complexity index is 434. The van der Waals surface area contributed by atoms with Crippen molar-refractivity contribution in [2.24, 2.45) is 5.92 Å². The molecule has 2 saturated heterocycles. The lowest BCUT2D eigenvalue weighted by Gasteiger charge is -2.39. The number of benzene rings is 1. The van der Waals surface area contributed by atoms with Gasteiger partial charge in [-0.3, -0.25) is 4.79 Å². The number of hydrogen-bond acceptors (Lipinski definition) is 3. The molecule has 2 aliphatic rings. The van der Waals surface area contributed by atoms with Gasteiger partial charge in [0.15, 0.2) is 0 Å². The van der Waals surface area contributed by atoms with Gasteiger partial charge in [-0.05, 0) is 37.8 Å². The Morgan fingerprint density at radius 1 is 1.15 bits per heavy atom. The molecule has 20 heavy (non-hydrogen) atoms. The van der Waals surface area contributed by atoms with E-state index in [0.717, 1.165) is 18.6 Å². The first-order chi connectivity index (χ1) is 9.81. The van der Waals surface area contributed by atoms with E-state index in [0.29, 0.717) is 30.9 Å². The molecule has 1 aromatic carbocycles. The Kier molecular flexibility index (Phi) is 4.36. The Labute approximate surface area is 120 Å². The minimum Gasteiger partial charge on any atom is -0.493 e. The first-order valence-corrected chi connectivity index (χ1v) is 7.78. The Hall–Kier alpha value is -1.35. The van der Waals surface area contributed by atoms with Crippen LogP contribution in [0, 0.1) is 5.92 Å². The SMILES string of the molecule is O=C(CCOc1ccccc1)C1CC2CCCC(C1)N2. The number of carbonyl (C=O) groups is 1. The van der Waals surface area contributed by atoms with Crippen molar-refractivity contribution in [1.82, 2.24) is 5.32 Å². The molecule has 0 amide bonds. The molecule has 2 heterocycles. The van der Waals surface area contributed by atoms with Crippen LogP contribution in [0.1, 0.15) is 38.5 Å². The van der Waals surface area contributed by atoms with Gasteiger partial charge < -0.3 is 10.1 Å². The highest BCUT2D eigenvalue weighted by Crippen LogP contribution is 2.30. The number of carbonyl (C=O) groups excluding carboxylic acids is 1. The van der Waals surface area contributed by atoms with Crippen molar-refractivity contribution in [2.45, 2.75) is 50.6 Å². The zero-order valence-electron chi connectivity index (χ0n) is 11.9. The second-order valence-electron chi connectivity index (χ2n) is 6.04. The quantitative estimate of drug-likeness (QED) is 0.896.